The summed E-state index contributed by atoms with van der Waals surface area (Å²) in [5, 5.41) is 0. The number of hydrogen-bond donors (Lipinski definition) is 1. The summed E-state index contributed by atoms with van der Waals surface area (Å²) >= 11 is 0. The Balaban J connectivity index is 1.84. The van der Waals surface area contributed by atoms with E-state index >= 15 is 0 Å². The molecule has 1 fully saturated rings. The van der Waals surface area contributed by atoms with Crippen LogP contribution in [0, 0.1) is 0 Å². The van der Waals surface area contributed by atoms with Gasteiger partial charge >= 0.3 is 0 Å². The second-order valence-electron chi connectivity index (χ2n) is 4.17. The van der Waals surface area contributed by atoms with Crippen LogP contribution in [0.5, 0.6) is 5.75 Å². The minimum atomic E-state index is -0.490. The summed E-state index contributed by atoms with van der Waals surface area (Å²) in [6.07, 6.45) is 0. The van der Waals surface area contributed by atoms with Crippen molar-refractivity contribution in [3.05, 3.63) is 29.8 Å². The first-order valence-corrected chi connectivity index (χ1v) is 6.05. The SMILES string of the molecule is NC(=O)c1ccc(OCC(=O)N2CCOCC2)cc1. The largest absolute Gasteiger partial charge is 0.484 e. The Labute approximate surface area is 111 Å². The molecular weight excluding hydrogens is 248 g/mol. The van der Waals surface area contributed by atoms with Crippen molar-refractivity contribution in [2.24, 2.45) is 5.73 Å². The predicted octanol–water partition coefficient (Wildman–Crippen LogP) is 0.0231. The molecule has 0 aromatic heterocycles. The molecule has 1 aromatic rings. The van der Waals surface area contributed by atoms with E-state index in [2.05, 4.69) is 0 Å². The monoisotopic (exact) mass is 264 g/mol. The van der Waals surface area contributed by atoms with E-state index in [9.17, 15) is 9.59 Å². The molecule has 19 heavy (non-hydrogen) atoms. The van der Waals surface area contributed by atoms with E-state index in [1.807, 2.05) is 0 Å². The van der Waals surface area contributed by atoms with E-state index in [1.54, 1.807) is 29.2 Å². The zero-order valence-corrected chi connectivity index (χ0v) is 10.5. The molecule has 2 amide bonds. The Bertz CT molecular complexity index is 452. The van der Waals surface area contributed by atoms with Crippen LogP contribution in [0.1, 0.15) is 10.4 Å². The topological polar surface area (TPSA) is 81.9 Å². The summed E-state index contributed by atoms with van der Waals surface area (Å²) in [7, 11) is 0. The molecule has 0 bridgehead atoms. The summed E-state index contributed by atoms with van der Waals surface area (Å²) in [6.45, 7) is 2.32. The van der Waals surface area contributed by atoms with E-state index in [0.29, 0.717) is 37.6 Å². The van der Waals surface area contributed by atoms with Gasteiger partial charge in [-0.2, -0.15) is 0 Å². The molecule has 0 saturated carbocycles. The molecule has 0 aliphatic carbocycles. The minimum absolute atomic E-state index is 0.0179. The Hall–Kier alpha value is -2.08. The highest BCUT2D eigenvalue weighted by Crippen LogP contribution is 2.12. The number of benzene rings is 1. The molecular formula is C13H16N2O4. The van der Waals surface area contributed by atoms with Gasteiger partial charge in [0.15, 0.2) is 6.61 Å². The van der Waals surface area contributed by atoms with Crippen molar-refractivity contribution >= 4 is 11.8 Å². The van der Waals surface area contributed by atoms with Gasteiger partial charge in [-0.15, -0.1) is 0 Å². The van der Waals surface area contributed by atoms with Crippen molar-refractivity contribution in [1.29, 1.82) is 0 Å². The maximum atomic E-state index is 11.8. The van der Waals surface area contributed by atoms with Gasteiger partial charge in [-0.1, -0.05) is 0 Å². The number of ether oxygens (including phenoxy) is 2. The molecule has 6 nitrogen and oxygen atoms in total. The summed E-state index contributed by atoms with van der Waals surface area (Å²) in [5.74, 6) is -0.0233. The molecule has 0 unspecified atom stereocenters. The molecule has 6 heteroatoms. The lowest BCUT2D eigenvalue weighted by Crippen LogP contribution is -2.42. The van der Waals surface area contributed by atoms with Crippen LogP contribution in [0.2, 0.25) is 0 Å². The number of carbonyl (C=O) groups is 2. The molecule has 1 aliphatic rings. The van der Waals surface area contributed by atoms with Crippen LogP contribution in [0.25, 0.3) is 0 Å². The van der Waals surface area contributed by atoms with E-state index < -0.39 is 5.91 Å². The van der Waals surface area contributed by atoms with Crippen LogP contribution in [0.15, 0.2) is 24.3 Å². The smallest absolute Gasteiger partial charge is 0.260 e. The number of hydrogen-bond acceptors (Lipinski definition) is 4. The Morgan fingerprint density at radius 1 is 1.21 bits per heavy atom. The van der Waals surface area contributed by atoms with E-state index in [4.69, 9.17) is 15.2 Å². The molecule has 0 spiro atoms. The fourth-order valence-corrected chi connectivity index (χ4v) is 1.76. The summed E-state index contributed by atoms with van der Waals surface area (Å²) < 4.78 is 10.5. The lowest BCUT2D eigenvalue weighted by atomic mass is 10.2. The molecule has 1 heterocycles. The first-order valence-electron chi connectivity index (χ1n) is 6.05. The average molecular weight is 264 g/mol. The zero-order chi connectivity index (χ0) is 13.7. The van der Waals surface area contributed by atoms with Crippen molar-refractivity contribution in [3.63, 3.8) is 0 Å². The number of nitrogens with zero attached hydrogens (tertiary/aromatic N) is 1. The van der Waals surface area contributed by atoms with E-state index in [1.165, 1.54) is 0 Å². The molecule has 1 aromatic carbocycles. The number of rotatable bonds is 4. The minimum Gasteiger partial charge on any atom is -0.484 e. The lowest BCUT2D eigenvalue weighted by Gasteiger charge is -2.26. The standard InChI is InChI=1S/C13H16N2O4/c14-13(17)10-1-3-11(4-2-10)19-9-12(16)15-5-7-18-8-6-15/h1-4H,5-9H2,(H2,14,17). The van der Waals surface area contributed by atoms with Gasteiger partial charge in [-0.3, -0.25) is 9.59 Å². The highest BCUT2D eigenvalue weighted by molar-refractivity contribution is 5.92. The fraction of sp³-hybridized carbons (Fsp3) is 0.385. The van der Waals surface area contributed by atoms with Crippen LogP contribution >= 0.6 is 0 Å². The Morgan fingerprint density at radius 3 is 2.42 bits per heavy atom. The number of nitrogens with two attached hydrogens (primary N) is 1. The molecule has 1 aliphatic heterocycles. The van der Waals surface area contributed by atoms with Gasteiger partial charge < -0.3 is 20.1 Å². The van der Waals surface area contributed by atoms with Crippen molar-refractivity contribution in [2.75, 3.05) is 32.9 Å². The average Bonchev–Trinajstić information content (AvgIpc) is 2.46. The Morgan fingerprint density at radius 2 is 1.84 bits per heavy atom. The Kier molecular flexibility index (Phi) is 4.35. The van der Waals surface area contributed by atoms with Crippen LogP contribution < -0.4 is 10.5 Å². The lowest BCUT2D eigenvalue weighted by molar-refractivity contribution is -0.137. The normalized spacial score (nSPS) is 15.1. The number of amides is 2. The second-order valence-corrected chi connectivity index (χ2v) is 4.17. The molecule has 102 valence electrons. The predicted molar refractivity (Wildman–Crippen MR) is 67.9 cm³/mol. The highest BCUT2D eigenvalue weighted by Gasteiger charge is 2.17. The van der Waals surface area contributed by atoms with Crippen molar-refractivity contribution in [3.8, 4) is 5.75 Å². The van der Waals surface area contributed by atoms with Crippen LogP contribution in [-0.4, -0.2) is 49.6 Å². The molecule has 1 saturated heterocycles. The van der Waals surface area contributed by atoms with Crippen LogP contribution in [0.3, 0.4) is 0 Å². The zero-order valence-electron chi connectivity index (χ0n) is 10.5. The van der Waals surface area contributed by atoms with Gasteiger partial charge in [0.05, 0.1) is 13.2 Å². The number of carbonyl (C=O) groups excluding carboxylic acids is 2. The van der Waals surface area contributed by atoms with Gasteiger partial charge in [-0.05, 0) is 24.3 Å². The molecule has 0 atom stereocenters. The highest BCUT2D eigenvalue weighted by atomic mass is 16.5. The summed E-state index contributed by atoms with van der Waals surface area (Å²) in [6, 6.07) is 6.37. The summed E-state index contributed by atoms with van der Waals surface area (Å²) in [4.78, 5) is 24.4. The van der Waals surface area contributed by atoms with Gasteiger partial charge in [-0.25, -0.2) is 0 Å². The quantitative estimate of drug-likeness (QED) is 0.831. The third kappa shape index (κ3) is 3.69. The van der Waals surface area contributed by atoms with Crippen LogP contribution in [0.4, 0.5) is 0 Å². The van der Waals surface area contributed by atoms with Gasteiger partial charge in [0.1, 0.15) is 5.75 Å². The summed E-state index contributed by atoms with van der Waals surface area (Å²) in [5.41, 5.74) is 5.54. The van der Waals surface area contributed by atoms with Crippen LogP contribution in [-0.2, 0) is 9.53 Å². The maximum absolute atomic E-state index is 11.8. The van der Waals surface area contributed by atoms with Gasteiger partial charge in [0.2, 0.25) is 5.91 Å². The fourth-order valence-electron chi connectivity index (χ4n) is 1.76. The van der Waals surface area contributed by atoms with Crippen molar-refractivity contribution in [2.45, 2.75) is 0 Å². The van der Waals surface area contributed by atoms with Crippen molar-refractivity contribution in [1.82, 2.24) is 4.90 Å². The molecule has 2 rings (SSSR count). The molecule has 2 N–H and O–H groups in total. The van der Waals surface area contributed by atoms with E-state index in [0.717, 1.165) is 0 Å². The number of morpholine rings is 1. The van der Waals surface area contributed by atoms with E-state index in [-0.39, 0.29) is 12.5 Å². The van der Waals surface area contributed by atoms with Gasteiger partial charge in [0.25, 0.3) is 5.91 Å². The first-order chi connectivity index (χ1) is 9.16. The van der Waals surface area contributed by atoms with Crippen molar-refractivity contribution < 1.29 is 19.1 Å². The van der Waals surface area contributed by atoms with Gasteiger partial charge in [0, 0.05) is 18.7 Å². The third-order valence-corrected chi connectivity index (χ3v) is 2.86. The first kappa shape index (κ1) is 13.4. The number of primary amides is 1. The molecule has 0 radical (unpaired) electrons. The maximum Gasteiger partial charge on any atom is 0.260 e. The third-order valence-electron chi connectivity index (χ3n) is 2.86. The second kappa shape index (κ2) is 6.19.